The molecule has 0 radical (unpaired) electrons. The highest BCUT2D eigenvalue weighted by atomic mass is 79.9. The van der Waals surface area contributed by atoms with Gasteiger partial charge in [-0.15, -0.1) is 0 Å². The van der Waals surface area contributed by atoms with Crippen molar-refractivity contribution in [3.05, 3.63) is 21.3 Å². The van der Waals surface area contributed by atoms with Gasteiger partial charge in [0.1, 0.15) is 0 Å². The molecule has 0 aliphatic carbocycles. The summed E-state index contributed by atoms with van der Waals surface area (Å²) in [6, 6.07) is 0. The van der Waals surface area contributed by atoms with Crippen molar-refractivity contribution in [1.29, 1.82) is 0 Å². The second-order valence-electron chi connectivity index (χ2n) is 1.68. The van der Waals surface area contributed by atoms with E-state index in [1.54, 1.807) is 11.3 Å². The van der Waals surface area contributed by atoms with Gasteiger partial charge in [-0.05, 0) is 17.4 Å². The molecule has 0 unspecified atom stereocenters. The molecule has 0 aliphatic rings. The van der Waals surface area contributed by atoms with Crippen molar-refractivity contribution in [2.75, 3.05) is 5.33 Å². The lowest BCUT2D eigenvalue weighted by Gasteiger charge is -1.89. The zero-order chi connectivity index (χ0) is 6.69. The van der Waals surface area contributed by atoms with Crippen LogP contribution in [0.25, 0.3) is 0 Å². The first kappa shape index (κ1) is 7.58. The molecule has 0 aliphatic heterocycles. The van der Waals surface area contributed by atoms with Gasteiger partial charge >= 0.3 is 0 Å². The van der Waals surface area contributed by atoms with E-state index in [4.69, 9.17) is 11.6 Å². The lowest BCUT2D eigenvalue weighted by Crippen LogP contribution is -1.80. The molecule has 0 amide bonds. The second-order valence-corrected chi connectivity index (χ2v) is 3.63. The average Bonchev–Trinajstić information content (AvgIpc) is 2.18. The highest BCUT2D eigenvalue weighted by Crippen LogP contribution is 2.21. The molecule has 0 aromatic carbocycles. The molecule has 0 spiro atoms. The van der Waals surface area contributed by atoms with Gasteiger partial charge in [-0.3, -0.25) is 0 Å². The normalized spacial score (nSPS) is 10.0. The summed E-state index contributed by atoms with van der Waals surface area (Å²) in [5.41, 5.74) is 1.25. The minimum absolute atomic E-state index is 0.902. The molecule has 9 heavy (non-hydrogen) atoms. The van der Waals surface area contributed by atoms with Crippen LogP contribution in [0.1, 0.15) is 5.56 Å². The molecule has 3 heteroatoms. The molecule has 0 fully saturated rings. The molecule has 0 saturated carbocycles. The van der Waals surface area contributed by atoms with Gasteiger partial charge in [0.05, 0.1) is 5.02 Å². The molecule has 0 saturated heterocycles. The second kappa shape index (κ2) is 3.59. The molecule has 0 nitrogen and oxygen atoms in total. The van der Waals surface area contributed by atoms with E-state index in [0.29, 0.717) is 0 Å². The van der Waals surface area contributed by atoms with E-state index >= 15 is 0 Å². The van der Waals surface area contributed by atoms with Gasteiger partial charge in [-0.1, -0.05) is 27.5 Å². The Bertz CT molecular complexity index is 185. The Labute approximate surface area is 72.0 Å². The number of alkyl halides is 1. The molecule has 0 N–H and O–H groups in total. The minimum atomic E-state index is 0.902. The number of aryl methyl sites for hydroxylation is 1. The first-order valence-electron chi connectivity index (χ1n) is 2.61. The number of halogens is 2. The molecule has 50 valence electrons. The van der Waals surface area contributed by atoms with E-state index in [1.165, 1.54) is 5.56 Å². The summed E-state index contributed by atoms with van der Waals surface area (Å²) in [4.78, 5) is 0. The lowest BCUT2D eigenvalue weighted by molar-refractivity contribution is 1.19. The standard InChI is InChI=1S/C6H6BrClS/c7-2-1-5-3-9-4-6(5)8/h3-4H,1-2H2. The Morgan fingerprint density at radius 1 is 1.56 bits per heavy atom. The van der Waals surface area contributed by atoms with Gasteiger partial charge in [0.15, 0.2) is 0 Å². The van der Waals surface area contributed by atoms with Crippen molar-refractivity contribution in [3.8, 4) is 0 Å². The Kier molecular flexibility index (Phi) is 3.02. The summed E-state index contributed by atoms with van der Waals surface area (Å²) >= 11 is 10.8. The minimum Gasteiger partial charge on any atom is -0.151 e. The molecule has 1 heterocycles. The van der Waals surface area contributed by atoms with E-state index < -0.39 is 0 Å². The summed E-state index contributed by atoms with van der Waals surface area (Å²) in [6.07, 6.45) is 1.03. The third-order valence-corrected chi connectivity index (χ3v) is 2.72. The molecule has 1 rings (SSSR count). The molecule has 1 aromatic rings. The maximum absolute atomic E-state index is 5.81. The number of thiophene rings is 1. The smallest absolute Gasteiger partial charge is 0.0545 e. The molecule has 0 bridgehead atoms. The Balaban J connectivity index is 2.69. The van der Waals surface area contributed by atoms with Crippen molar-refractivity contribution < 1.29 is 0 Å². The van der Waals surface area contributed by atoms with Crippen molar-refractivity contribution >= 4 is 38.9 Å². The lowest BCUT2D eigenvalue weighted by atomic mass is 10.3. The van der Waals surface area contributed by atoms with Gasteiger partial charge in [-0.25, -0.2) is 0 Å². The van der Waals surface area contributed by atoms with E-state index in [0.717, 1.165) is 16.8 Å². The molecule has 1 aromatic heterocycles. The maximum atomic E-state index is 5.81. The van der Waals surface area contributed by atoms with E-state index in [1.807, 2.05) is 5.38 Å². The number of hydrogen-bond acceptors (Lipinski definition) is 1. The van der Waals surface area contributed by atoms with E-state index in [9.17, 15) is 0 Å². The van der Waals surface area contributed by atoms with Crippen LogP contribution in [0.5, 0.6) is 0 Å². The van der Waals surface area contributed by atoms with Crippen LogP contribution in [0.2, 0.25) is 5.02 Å². The third-order valence-electron chi connectivity index (χ3n) is 1.05. The number of rotatable bonds is 2. The average molecular weight is 226 g/mol. The van der Waals surface area contributed by atoms with Crippen molar-refractivity contribution in [3.63, 3.8) is 0 Å². The van der Waals surface area contributed by atoms with Crippen LogP contribution in [0.4, 0.5) is 0 Å². The molecule has 0 atom stereocenters. The first-order valence-corrected chi connectivity index (χ1v) is 5.05. The summed E-state index contributed by atoms with van der Waals surface area (Å²) in [6.45, 7) is 0. The van der Waals surface area contributed by atoms with Crippen molar-refractivity contribution in [1.82, 2.24) is 0 Å². The zero-order valence-electron chi connectivity index (χ0n) is 4.73. The highest BCUT2D eigenvalue weighted by molar-refractivity contribution is 9.09. The monoisotopic (exact) mass is 224 g/mol. The molecular formula is C6H6BrClS. The largest absolute Gasteiger partial charge is 0.151 e. The van der Waals surface area contributed by atoms with Gasteiger partial charge in [0.25, 0.3) is 0 Å². The van der Waals surface area contributed by atoms with Crippen LogP contribution >= 0.6 is 38.9 Å². The van der Waals surface area contributed by atoms with Crippen LogP contribution in [0.15, 0.2) is 10.8 Å². The van der Waals surface area contributed by atoms with E-state index in [-0.39, 0.29) is 0 Å². The van der Waals surface area contributed by atoms with Gasteiger partial charge in [0, 0.05) is 10.7 Å². The van der Waals surface area contributed by atoms with Crippen LogP contribution in [0, 0.1) is 0 Å². The van der Waals surface area contributed by atoms with Gasteiger partial charge in [-0.2, -0.15) is 11.3 Å². The summed E-state index contributed by atoms with van der Waals surface area (Å²) in [5.74, 6) is 0. The van der Waals surface area contributed by atoms with Crippen LogP contribution in [-0.2, 0) is 6.42 Å². The fraction of sp³-hybridized carbons (Fsp3) is 0.333. The summed E-state index contributed by atoms with van der Waals surface area (Å²) in [7, 11) is 0. The fourth-order valence-corrected chi connectivity index (χ4v) is 2.13. The predicted octanol–water partition coefficient (Wildman–Crippen LogP) is 3.34. The van der Waals surface area contributed by atoms with Crippen LogP contribution in [0.3, 0.4) is 0 Å². The summed E-state index contributed by atoms with van der Waals surface area (Å²) in [5, 5.41) is 5.94. The quantitative estimate of drug-likeness (QED) is 0.677. The molecular weight excluding hydrogens is 219 g/mol. The third kappa shape index (κ3) is 1.95. The van der Waals surface area contributed by atoms with E-state index in [2.05, 4.69) is 21.3 Å². The van der Waals surface area contributed by atoms with Gasteiger partial charge in [0.2, 0.25) is 0 Å². The Hall–Kier alpha value is 0.470. The van der Waals surface area contributed by atoms with Crippen LogP contribution < -0.4 is 0 Å². The SMILES string of the molecule is Clc1cscc1CCBr. The predicted molar refractivity (Wildman–Crippen MR) is 46.8 cm³/mol. The number of hydrogen-bond donors (Lipinski definition) is 0. The Morgan fingerprint density at radius 2 is 2.33 bits per heavy atom. The topological polar surface area (TPSA) is 0 Å². The van der Waals surface area contributed by atoms with Crippen LogP contribution in [-0.4, -0.2) is 5.33 Å². The van der Waals surface area contributed by atoms with Gasteiger partial charge < -0.3 is 0 Å². The Morgan fingerprint density at radius 3 is 2.78 bits per heavy atom. The fourth-order valence-electron chi connectivity index (χ4n) is 0.588. The highest BCUT2D eigenvalue weighted by Gasteiger charge is 1.97. The first-order chi connectivity index (χ1) is 4.34. The zero-order valence-corrected chi connectivity index (χ0v) is 7.89. The summed E-state index contributed by atoms with van der Waals surface area (Å²) < 4.78 is 0. The maximum Gasteiger partial charge on any atom is 0.0545 e. The van der Waals surface area contributed by atoms with Crippen molar-refractivity contribution in [2.24, 2.45) is 0 Å². The van der Waals surface area contributed by atoms with Crippen molar-refractivity contribution in [2.45, 2.75) is 6.42 Å².